The monoisotopic (exact) mass is 569 g/mol. The third-order valence-electron chi connectivity index (χ3n) is 5.69. The van der Waals surface area contributed by atoms with Gasteiger partial charge in [-0.2, -0.15) is 5.10 Å². The Kier molecular flexibility index (Phi) is 8.63. The summed E-state index contributed by atoms with van der Waals surface area (Å²) in [5.74, 6) is -0.119. The maximum absolute atomic E-state index is 12.4. The fourth-order valence-corrected chi connectivity index (χ4v) is 4.26. The highest BCUT2D eigenvalue weighted by Gasteiger charge is 2.31. The van der Waals surface area contributed by atoms with Gasteiger partial charge in [-0.05, 0) is 59.5 Å². The van der Waals surface area contributed by atoms with Gasteiger partial charge in [-0.1, -0.05) is 38.1 Å². The molecule has 0 radical (unpaired) electrons. The lowest BCUT2D eigenvalue weighted by molar-refractivity contribution is -0.274. The molecule has 0 fully saturated rings. The highest BCUT2D eigenvalue weighted by atomic mass is 32.2. The molecule has 0 bridgehead atoms. The zero-order valence-electron chi connectivity index (χ0n) is 21.7. The minimum Gasteiger partial charge on any atom is -0.406 e. The van der Waals surface area contributed by atoms with E-state index in [0.717, 1.165) is 46.6 Å². The number of rotatable bonds is 8. The van der Waals surface area contributed by atoms with E-state index in [4.69, 9.17) is 5.41 Å². The van der Waals surface area contributed by atoms with Crippen molar-refractivity contribution in [1.82, 2.24) is 14.5 Å². The van der Waals surface area contributed by atoms with Gasteiger partial charge in [-0.15, -0.1) is 13.2 Å². The third kappa shape index (κ3) is 7.32. The molecule has 13 heteroatoms. The molecule has 0 aliphatic carbocycles. The van der Waals surface area contributed by atoms with Crippen molar-refractivity contribution >= 4 is 52.5 Å². The number of benzene rings is 3. The molecule has 208 valence electrons. The summed E-state index contributed by atoms with van der Waals surface area (Å²) < 4.78 is 49.4. The number of nitrogens with one attached hydrogen (secondary N) is 4. The second-order valence-corrected chi connectivity index (χ2v) is 9.54. The molecule has 0 unspecified atom stereocenters. The number of anilines is 2. The first kappa shape index (κ1) is 28.5. The van der Waals surface area contributed by atoms with Gasteiger partial charge >= 0.3 is 12.4 Å². The van der Waals surface area contributed by atoms with Crippen molar-refractivity contribution in [1.29, 1.82) is 5.41 Å². The number of carbonyl (C=O) groups excluding carboxylic acids is 1. The Morgan fingerprint density at radius 2 is 1.82 bits per heavy atom. The van der Waals surface area contributed by atoms with E-state index in [1.165, 1.54) is 12.1 Å². The molecule has 2 amide bonds. The van der Waals surface area contributed by atoms with Gasteiger partial charge in [-0.3, -0.25) is 14.8 Å². The van der Waals surface area contributed by atoms with E-state index in [1.807, 2.05) is 30.3 Å². The van der Waals surface area contributed by atoms with Crippen molar-refractivity contribution in [2.45, 2.75) is 26.1 Å². The van der Waals surface area contributed by atoms with Gasteiger partial charge < -0.3 is 15.4 Å². The standard InChI is InChI=1S/C27H26F3N7O2S/c1-16(2)20-6-4-5-7-22(20)34-26(38)36-40-32-15-17-8-13-21-23(14-17)37(3)35-24(21)25(31)33-18-9-11-19(12-10-18)39-27(28,29)30/h4-16H,1-3H3,(H2,31,33)(H2,34,36,38)/b32-15+. The number of alkyl halides is 3. The predicted octanol–water partition coefficient (Wildman–Crippen LogP) is 6.84. The predicted molar refractivity (Wildman–Crippen MR) is 152 cm³/mol. The molecule has 0 saturated heterocycles. The fraction of sp³-hybridized carbons (Fsp3) is 0.185. The van der Waals surface area contributed by atoms with E-state index in [0.29, 0.717) is 16.8 Å². The van der Waals surface area contributed by atoms with Crippen LogP contribution in [0.25, 0.3) is 10.9 Å². The summed E-state index contributed by atoms with van der Waals surface area (Å²) in [6.45, 7) is 4.11. The number of aryl methyl sites for hydroxylation is 1. The average Bonchev–Trinajstić information content (AvgIpc) is 3.23. The van der Waals surface area contributed by atoms with Crippen LogP contribution >= 0.6 is 12.1 Å². The van der Waals surface area contributed by atoms with Crippen LogP contribution in [0.5, 0.6) is 5.75 Å². The van der Waals surface area contributed by atoms with Gasteiger partial charge in [0.2, 0.25) is 0 Å². The number of urea groups is 1. The molecule has 40 heavy (non-hydrogen) atoms. The highest BCUT2D eigenvalue weighted by molar-refractivity contribution is 7.96. The molecule has 3 aromatic carbocycles. The van der Waals surface area contributed by atoms with Gasteiger partial charge in [0, 0.05) is 30.0 Å². The van der Waals surface area contributed by atoms with Crippen LogP contribution in [0.4, 0.5) is 29.3 Å². The Hall–Kier alpha value is -4.52. The van der Waals surface area contributed by atoms with Gasteiger partial charge in [0.25, 0.3) is 0 Å². The van der Waals surface area contributed by atoms with Gasteiger partial charge in [0.15, 0.2) is 5.84 Å². The molecule has 0 saturated carbocycles. The third-order valence-corrected chi connectivity index (χ3v) is 6.18. The smallest absolute Gasteiger partial charge is 0.406 e. The summed E-state index contributed by atoms with van der Waals surface area (Å²) in [6, 6.07) is 17.7. The molecule has 0 atom stereocenters. The van der Waals surface area contributed by atoms with E-state index >= 15 is 0 Å². The second kappa shape index (κ2) is 12.1. The van der Waals surface area contributed by atoms with E-state index in [2.05, 4.69) is 43.4 Å². The second-order valence-electron chi connectivity index (χ2n) is 8.94. The summed E-state index contributed by atoms with van der Waals surface area (Å²) in [4.78, 5) is 12.3. The van der Waals surface area contributed by atoms with Gasteiger partial charge in [0.05, 0.1) is 17.7 Å². The normalized spacial score (nSPS) is 11.7. The Bertz CT molecular complexity index is 1550. The largest absolute Gasteiger partial charge is 0.573 e. The summed E-state index contributed by atoms with van der Waals surface area (Å²) in [6.07, 6.45) is -3.19. The summed E-state index contributed by atoms with van der Waals surface area (Å²) in [5, 5.41) is 19.2. The van der Waals surface area contributed by atoms with Crippen LogP contribution in [0, 0.1) is 5.41 Å². The molecule has 9 nitrogen and oxygen atoms in total. The first-order valence-electron chi connectivity index (χ1n) is 12.0. The molecule has 0 spiro atoms. The summed E-state index contributed by atoms with van der Waals surface area (Å²) in [7, 11) is 1.74. The van der Waals surface area contributed by atoms with E-state index in [1.54, 1.807) is 30.1 Å². The first-order chi connectivity index (χ1) is 19.0. The van der Waals surface area contributed by atoms with E-state index in [9.17, 15) is 18.0 Å². The maximum atomic E-state index is 12.4. The van der Waals surface area contributed by atoms with Crippen molar-refractivity contribution in [2.24, 2.45) is 11.4 Å². The highest BCUT2D eigenvalue weighted by Crippen LogP contribution is 2.26. The van der Waals surface area contributed by atoms with E-state index in [-0.39, 0.29) is 17.5 Å². The number of ether oxygens (including phenoxy) is 1. The SMILES string of the molecule is CC(C)c1ccccc1NC(=O)NS/N=C/c1ccc2c(C(=N)Nc3ccc(OC(F)(F)F)cc3)nn(C)c2c1. The van der Waals surface area contributed by atoms with Crippen LogP contribution in [-0.2, 0) is 7.05 Å². The van der Waals surface area contributed by atoms with Crippen LogP contribution in [-0.4, -0.2) is 34.2 Å². The molecule has 1 heterocycles. The molecule has 4 rings (SSSR count). The van der Waals surface area contributed by atoms with Crippen LogP contribution in [0.1, 0.15) is 36.6 Å². The van der Waals surface area contributed by atoms with Crippen LogP contribution in [0.2, 0.25) is 0 Å². The van der Waals surface area contributed by atoms with Gasteiger partial charge in [0.1, 0.15) is 11.4 Å². The van der Waals surface area contributed by atoms with Crippen molar-refractivity contribution in [2.75, 3.05) is 10.6 Å². The molecule has 0 aliphatic rings. The Morgan fingerprint density at radius 1 is 1.10 bits per heavy atom. The van der Waals surface area contributed by atoms with Crippen LogP contribution in [0.3, 0.4) is 0 Å². The number of amides is 2. The zero-order chi connectivity index (χ0) is 28.9. The zero-order valence-corrected chi connectivity index (χ0v) is 22.5. The van der Waals surface area contributed by atoms with E-state index < -0.39 is 12.4 Å². The number of para-hydroxylation sites is 1. The number of hydrogen-bond donors (Lipinski definition) is 4. The molecule has 4 aromatic rings. The number of aromatic nitrogens is 2. The number of amidine groups is 1. The Balaban J connectivity index is 1.37. The average molecular weight is 570 g/mol. The molecule has 0 aliphatic heterocycles. The molecule has 4 N–H and O–H groups in total. The number of fused-ring (bicyclic) bond motifs is 1. The topological polar surface area (TPSA) is 116 Å². The molecular weight excluding hydrogens is 543 g/mol. The first-order valence-corrected chi connectivity index (χ1v) is 12.8. The molecular formula is C27H26F3N7O2S. The molecule has 1 aromatic heterocycles. The summed E-state index contributed by atoms with van der Waals surface area (Å²) in [5.41, 5.74) is 4.03. The number of hydrogen-bond acceptors (Lipinski definition) is 6. The Morgan fingerprint density at radius 3 is 2.52 bits per heavy atom. The minimum atomic E-state index is -4.78. The quantitative estimate of drug-likeness (QED) is 0.105. The number of carbonyl (C=O) groups is 1. The maximum Gasteiger partial charge on any atom is 0.573 e. The Labute approximate surface area is 232 Å². The lowest BCUT2D eigenvalue weighted by Crippen LogP contribution is -2.23. The summed E-state index contributed by atoms with van der Waals surface area (Å²) >= 11 is 0.884. The van der Waals surface area contributed by atoms with Crippen LogP contribution in [0.15, 0.2) is 71.1 Å². The lowest BCUT2D eigenvalue weighted by atomic mass is 10.0. The van der Waals surface area contributed by atoms with Crippen molar-refractivity contribution in [3.63, 3.8) is 0 Å². The number of nitrogens with zero attached hydrogens (tertiary/aromatic N) is 3. The van der Waals surface area contributed by atoms with Crippen molar-refractivity contribution in [3.05, 3.63) is 83.6 Å². The van der Waals surface area contributed by atoms with Gasteiger partial charge in [-0.25, -0.2) is 9.19 Å². The number of halogens is 3. The fourth-order valence-electron chi connectivity index (χ4n) is 3.90. The minimum absolute atomic E-state index is 0.0266. The van der Waals surface area contributed by atoms with Crippen molar-refractivity contribution in [3.8, 4) is 5.75 Å². The van der Waals surface area contributed by atoms with Crippen molar-refractivity contribution < 1.29 is 22.7 Å². The van der Waals surface area contributed by atoms with Crippen LogP contribution < -0.4 is 20.1 Å². The lowest BCUT2D eigenvalue weighted by Gasteiger charge is -2.13.